The molecule has 20 heavy (non-hydrogen) atoms. The Hall–Kier alpha value is -1.84. The summed E-state index contributed by atoms with van der Waals surface area (Å²) in [7, 11) is 3.74. The standard InChI is InChI=1S/C16H24N2O2/c1-11(2)18(12(3)4)16(20)15-13(10-19)8-7-9-14(15)17(5)6/h7-12H,1-6H3. The van der Waals surface area contributed by atoms with Crippen LogP contribution in [0.4, 0.5) is 5.69 Å². The second-order valence-corrected chi connectivity index (χ2v) is 5.65. The van der Waals surface area contributed by atoms with E-state index in [2.05, 4.69) is 0 Å². The molecule has 0 aliphatic heterocycles. The topological polar surface area (TPSA) is 40.6 Å². The van der Waals surface area contributed by atoms with Crippen molar-refractivity contribution < 1.29 is 9.59 Å². The van der Waals surface area contributed by atoms with E-state index in [0.717, 1.165) is 12.0 Å². The van der Waals surface area contributed by atoms with Crippen molar-refractivity contribution in [3.63, 3.8) is 0 Å². The third kappa shape index (κ3) is 3.18. The Morgan fingerprint density at radius 1 is 1.10 bits per heavy atom. The van der Waals surface area contributed by atoms with Crippen molar-refractivity contribution in [2.45, 2.75) is 39.8 Å². The molecule has 1 aromatic carbocycles. The van der Waals surface area contributed by atoms with Crippen molar-refractivity contribution in [1.82, 2.24) is 4.90 Å². The number of hydrogen-bond donors (Lipinski definition) is 0. The molecular weight excluding hydrogens is 252 g/mol. The molecule has 0 N–H and O–H groups in total. The Kier molecular flexibility index (Phi) is 5.31. The largest absolute Gasteiger partial charge is 0.377 e. The van der Waals surface area contributed by atoms with E-state index in [-0.39, 0.29) is 18.0 Å². The van der Waals surface area contributed by atoms with Gasteiger partial charge in [0.05, 0.1) is 5.56 Å². The lowest BCUT2D eigenvalue weighted by Crippen LogP contribution is -2.42. The van der Waals surface area contributed by atoms with Crippen LogP contribution in [0.2, 0.25) is 0 Å². The van der Waals surface area contributed by atoms with Crippen molar-refractivity contribution in [3.8, 4) is 0 Å². The van der Waals surface area contributed by atoms with Crippen LogP contribution < -0.4 is 4.90 Å². The number of benzene rings is 1. The molecule has 0 saturated heterocycles. The highest BCUT2D eigenvalue weighted by Crippen LogP contribution is 2.25. The van der Waals surface area contributed by atoms with E-state index in [1.54, 1.807) is 17.0 Å². The number of nitrogens with zero attached hydrogens (tertiary/aromatic N) is 2. The quantitative estimate of drug-likeness (QED) is 0.776. The lowest BCUT2D eigenvalue weighted by Gasteiger charge is -2.32. The molecular formula is C16H24N2O2. The molecule has 4 heteroatoms. The van der Waals surface area contributed by atoms with Gasteiger partial charge in [-0.25, -0.2) is 0 Å². The fraction of sp³-hybridized carbons (Fsp3) is 0.500. The van der Waals surface area contributed by atoms with Crippen LogP contribution in [-0.4, -0.2) is 43.3 Å². The number of carbonyl (C=O) groups excluding carboxylic acids is 2. The third-order valence-corrected chi connectivity index (χ3v) is 3.24. The van der Waals surface area contributed by atoms with Crippen LogP contribution in [-0.2, 0) is 0 Å². The van der Waals surface area contributed by atoms with E-state index < -0.39 is 0 Å². The van der Waals surface area contributed by atoms with Crippen molar-refractivity contribution >= 4 is 17.9 Å². The molecule has 0 aliphatic rings. The number of anilines is 1. The maximum absolute atomic E-state index is 12.9. The van der Waals surface area contributed by atoms with E-state index in [1.807, 2.05) is 52.8 Å². The number of carbonyl (C=O) groups is 2. The zero-order valence-corrected chi connectivity index (χ0v) is 13.2. The van der Waals surface area contributed by atoms with Crippen LogP contribution in [0, 0.1) is 0 Å². The SMILES string of the molecule is CC(C)N(C(=O)c1c(C=O)cccc1N(C)C)C(C)C. The number of hydrogen-bond acceptors (Lipinski definition) is 3. The molecule has 1 rings (SSSR count). The van der Waals surface area contributed by atoms with Crippen LogP contribution in [0.15, 0.2) is 18.2 Å². The normalized spacial score (nSPS) is 10.8. The minimum atomic E-state index is -0.0959. The summed E-state index contributed by atoms with van der Waals surface area (Å²) in [5, 5.41) is 0. The van der Waals surface area contributed by atoms with Crippen LogP contribution in [0.25, 0.3) is 0 Å². The molecule has 0 aliphatic carbocycles. The first kappa shape index (κ1) is 16.2. The minimum Gasteiger partial charge on any atom is -0.377 e. The zero-order valence-electron chi connectivity index (χ0n) is 13.2. The summed E-state index contributed by atoms with van der Waals surface area (Å²) >= 11 is 0. The van der Waals surface area contributed by atoms with Gasteiger partial charge in [-0.3, -0.25) is 9.59 Å². The molecule has 1 amide bonds. The molecule has 0 heterocycles. The first-order valence-electron chi connectivity index (χ1n) is 6.89. The smallest absolute Gasteiger partial charge is 0.257 e. The predicted molar refractivity (Wildman–Crippen MR) is 82.6 cm³/mol. The van der Waals surface area contributed by atoms with E-state index in [0.29, 0.717) is 11.1 Å². The van der Waals surface area contributed by atoms with Crippen molar-refractivity contribution in [1.29, 1.82) is 0 Å². The Morgan fingerprint density at radius 2 is 1.65 bits per heavy atom. The molecule has 0 spiro atoms. The van der Waals surface area contributed by atoms with Gasteiger partial charge in [0.25, 0.3) is 5.91 Å². The lowest BCUT2D eigenvalue weighted by molar-refractivity contribution is 0.0642. The van der Waals surface area contributed by atoms with Crippen molar-refractivity contribution in [2.75, 3.05) is 19.0 Å². The molecule has 1 aromatic rings. The summed E-state index contributed by atoms with van der Waals surface area (Å²) in [4.78, 5) is 27.8. The molecule has 0 saturated carbocycles. The van der Waals surface area contributed by atoms with Gasteiger partial charge in [-0.2, -0.15) is 0 Å². The molecule has 0 unspecified atom stereocenters. The van der Waals surface area contributed by atoms with E-state index >= 15 is 0 Å². The van der Waals surface area contributed by atoms with Crippen LogP contribution in [0.3, 0.4) is 0 Å². The van der Waals surface area contributed by atoms with Crippen molar-refractivity contribution in [3.05, 3.63) is 29.3 Å². The van der Waals surface area contributed by atoms with Crippen LogP contribution in [0.1, 0.15) is 48.4 Å². The number of amides is 1. The Bertz CT molecular complexity index is 485. The Balaban J connectivity index is 3.43. The molecule has 110 valence electrons. The maximum atomic E-state index is 12.9. The van der Waals surface area contributed by atoms with Gasteiger partial charge >= 0.3 is 0 Å². The van der Waals surface area contributed by atoms with Gasteiger partial charge in [-0.05, 0) is 33.8 Å². The van der Waals surface area contributed by atoms with Gasteiger partial charge in [-0.15, -0.1) is 0 Å². The molecule has 0 bridgehead atoms. The number of aldehydes is 1. The predicted octanol–water partition coefficient (Wildman–Crippen LogP) is 2.82. The molecule has 4 nitrogen and oxygen atoms in total. The number of rotatable bonds is 5. The summed E-state index contributed by atoms with van der Waals surface area (Å²) < 4.78 is 0. The second-order valence-electron chi connectivity index (χ2n) is 5.65. The van der Waals surface area contributed by atoms with Gasteiger partial charge in [0, 0.05) is 37.4 Å². The summed E-state index contributed by atoms with van der Waals surface area (Å²) in [6.07, 6.45) is 0.749. The Morgan fingerprint density at radius 3 is 2.05 bits per heavy atom. The first-order chi connectivity index (χ1) is 9.31. The lowest BCUT2D eigenvalue weighted by atomic mass is 10.0. The highest BCUT2D eigenvalue weighted by molar-refractivity contribution is 6.06. The monoisotopic (exact) mass is 276 g/mol. The fourth-order valence-electron chi connectivity index (χ4n) is 2.46. The first-order valence-corrected chi connectivity index (χ1v) is 6.89. The van der Waals surface area contributed by atoms with Crippen LogP contribution >= 0.6 is 0 Å². The summed E-state index contributed by atoms with van der Waals surface area (Å²) in [5.74, 6) is -0.0959. The summed E-state index contributed by atoms with van der Waals surface area (Å²) in [6, 6.07) is 5.50. The molecule has 0 radical (unpaired) electrons. The highest BCUT2D eigenvalue weighted by atomic mass is 16.2. The average molecular weight is 276 g/mol. The summed E-state index contributed by atoms with van der Waals surface area (Å²) in [6.45, 7) is 7.93. The Labute approximate surface area is 121 Å². The van der Waals surface area contributed by atoms with E-state index in [4.69, 9.17) is 0 Å². The highest BCUT2D eigenvalue weighted by Gasteiger charge is 2.26. The minimum absolute atomic E-state index is 0.0808. The van der Waals surface area contributed by atoms with E-state index in [1.165, 1.54) is 0 Å². The van der Waals surface area contributed by atoms with E-state index in [9.17, 15) is 9.59 Å². The zero-order chi connectivity index (χ0) is 15.4. The maximum Gasteiger partial charge on any atom is 0.257 e. The molecule has 0 fully saturated rings. The summed E-state index contributed by atoms with van der Waals surface area (Å²) in [5.41, 5.74) is 1.69. The van der Waals surface area contributed by atoms with Gasteiger partial charge in [-0.1, -0.05) is 12.1 Å². The van der Waals surface area contributed by atoms with Crippen molar-refractivity contribution in [2.24, 2.45) is 0 Å². The van der Waals surface area contributed by atoms with Gasteiger partial charge < -0.3 is 9.80 Å². The molecule has 0 atom stereocenters. The third-order valence-electron chi connectivity index (χ3n) is 3.24. The average Bonchev–Trinajstić information content (AvgIpc) is 2.36. The second kappa shape index (κ2) is 6.55. The van der Waals surface area contributed by atoms with Crippen LogP contribution in [0.5, 0.6) is 0 Å². The van der Waals surface area contributed by atoms with Gasteiger partial charge in [0.2, 0.25) is 0 Å². The van der Waals surface area contributed by atoms with Gasteiger partial charge in [0.15, 0.2) is 6.29 Å². The fourth-order valence-corrected chi connectivity index (χ4v) is 2.46. The van der Waals surface area contributed by atoms with Gasteiger partial charge in [0.1, 0.15) is 0 Å². The molecule has 0 aromatic heterocycles.